The summed E-state index contributed by atoms with van der Waals surface area (Å²) in [6.45, 7) is 0. The molecule has 3 aromatic heterocycles. The SMILES string of the molecule is CNc1ncc2cc(-c3c(F)ccc(NS(=O)(=O)c4cc(Cl)cnc4OC)c3F)c(NC)nc2n1. The van der Waals surface area contributed by atoms with Gasteiger partial charge in [-0.05, 0) is 24.3 Å². The zero-order chi connectivity index (χ0) is 25.3. The van der Waals surface area contributed by atoms with Crippen molar-refractivity contribution in [1.29, 1.82) is 0 Å². The molecule has 0 aliphatic carbocycles. The standard InChI is InChI=1S/C21H18ClF2N7O3S/c1-25-19-12(6-10-8-28-21(26-2)30-18(10)29-19)16-13(23)4-5-14(17(16)24)31-35(32,33)15-7-11(22)9-27-20(15)34-3/h4-9,31H,1-3H3,(H2,25,26,28,29,30). The van der Waals surface area contributed by atoms with Gasteiger partial charge in [-0.1, -0.05) is 11.6 Å². The van der Waals surface area contributed by atoms with E-state index in [1.165, 1.54) is 32.6 Å². The van der Waals surface area contributed by atoms with Gasteiger partial charge in [0.15, 0.2) is 16.4 Å². The number of pyridine rings is 2. The van der Waals surface area contributed by atoms with Gasteiger partial charge in [-0.3, -0.25) is 4.72 Å². The van der Waals surface area contributed by atoms with Gasteiger partial charge in [0, 0.05) is 37.4 Å². The molecule has 0 amide bonds. The number of aromatic nitrogens is 4. The number of nitrogens with one attached hydrogen (secondary N) is 3. The highest BCUT2D eigenvalue weighted by molar-refractivity contribution is 7.92. The fraction of sp³-hybridized carbons (Fsp3) is 0.143. The molecule has 0 atom stereocenters. The smallest absolute Gasteiger partial charge is 0.267 e. The van der Waals surface area contributed by atoms with Crippen molar-refractivity contribution in [3.8, 4) is 17.0 Å². The van der Waals surface area contributed by atoms with Gasteiger partial charge in [0.1, 0.15) is 11.6 Å². The van der Waals surface area contributed by atoms with Gasteiger partial charge in [-0.25, -0.2) is 32.2 Å². The number of benzene rings is 1. The van der Waals surface area contributed by atoms with E-state index in [0.29, 0.717) is 11.3 Å². The number of hydrogen-bond acceptors (Lipinski definition) is 9. The minimum Gasteiger partial charge on any atom is -0.480 e. The van der Waals surface area contributed by atoms with Crippen molar-refractivity contribution in [2.45, 2.75) is 4.90 Å². The summed E-state index contributed by atoms with van der Waals surface area (Å²) in [6.07, 6.45) is 2.65. The van der Waals surface area contributed by atoms with Gasteiger partial charge in [0.05, 0.1) is 23.4 Å². The number of anilines is 3. The van der Waals surface area contributed by atoms with Gasteiger partial charge in [0.25, 0.3) is 10.0 Å². The van der Waals surface area contributed by atoms with Gasteiger partial charge in [-0.15, -0.1) is 0 Å². The number of ether oxygens (including phenoxy) is 1. The van der Waals surface area contributed by atoms with E-state index in [1.54, 1.807) is 7.05 Å². The van der Waals surface area contributed by atoms with Crippen LogP contribution in [0.5, 0.6) is 5.88 Å². The van der Waals surface area contributed by atoms with Crippen molar-refractivity contribution < 1.29 is 21.9 Å². The highest BCUT2D eigenvalue weighted by Gasteiger charge is 2.26. The highest BCUT2D eigenvalue weighted by Crippen LogP contribution is 2.37. The molecule has 10 nitrogen and oxygen atoms in total. The van der Waals surface area contributed by atoms with Crippen LogP contribution in [0.25, 0.3) is 22.2 Å². The van der Waals surface area contributed by atoms with E-state index in [-0.39, 0.29) is 27.9 Å². The summed E-state index contributed by atoms with van der Waals surface area (Å²) >= 11 is 5.88. The number of halogens is 3. The second-order valence-electron chi connectivity index (χ2n) is 7.04. The van der Waals surface area contributed by atoms with Crippen LogP contribution in [0.3, 0.4) is 0 Å². The molecule has 35 heavy (non-hydrogen) atoms. The Morgan fingerprint density at radius 3 is 2.49 bits per heavy atom. The van der Waals surface area contributed by atoms with Crippen LogP contribution in [0.2, 0.25) is 5.02 Å². The van der Waals surface area contributed by atoms with Gasteiger partial charge < -0.3 is 15.4 Å². The Hall–Kier alpha value is -3.84. The Morgan fingerprint density at radius 1 is 1.03 bits per heavy atom. The van der Waals surface area contributed by atoms with E-state index in [1.807, 2.05) is 0 Å². The number of sulfonamides is 1. The van der Waals surface area contributed by atoms with Crippen molar-refractivity contribution >= 4 is 50.1 Å². The molecule has 0 unspecified atom stereocenters. The first-order valence-electron chi connectivity index (χ1n) is 9.92. The molecular weight excluding hydrogens is 504 g/mol. The molecule has 3 heterocycles. The summed E-state index contributed by atoms with van der Waals surface area (Å²) in [7, 11) is -0.0241. The molecule has 3 N–H and O–H groups in total. The number of rotatable bonds is 7. The first kappa shape index (κ1) is 24.3. The van der Waals surface area contributed by atoms with Crippen molar-refractivity contribution in [2.75, 3.05) is 36.6 Å². The molecule has 0 bridgehead atoms. The van der Waals surface area contributed by atoms with Crippen LogP contribution in [0.15, 0.2) is 41.6 Å². The van der Waals surface area contributed by atoms with Crippen LogP contribution in [0.4, 0.5) is 26.2 Å². The minimum atomic E-state index is -4.41. The fourth-order valence-electron chi connectivity index (χ4n) is 3.30. The fourth-order valence-corrected chi connectivity index (χ4v) is 4.72. The zero-order valence-electron chi connectivity index (χ0n) is 18.5. The Balaban J connectivity index is 1.85. The van der Waals surface area contributed by atoms with Crippen LogP contribution in [0.1, 0.15) is 0 Å². The molecule has 0 aliphatic rings. The summed E-state index contributed by atoms with van der Waals surface area (Å²) in [5.41, 5.74) is -0.681. The first-order valence-corrected chi connectivity index (χ1v) is 11.8. The van der Waals surface area contributed by atoms with E-state index in [9.17, 15) is 12.8 Å². The number of methoxy groups -OCH3 is 1. The lowest BCUT2D eigenvalue weighted by molar-refractivity contribution is 0.385. The molecular formula is C21H18ClF2N7O3S. The molecule has 14 heteroatoms. The molecule has 4 aromatic rings. The summed E-state index contributed by atoms with van der Waals surface area (Å²) in [4.78, 5) is 16.0. The molecule has 1 aromatic carbocycles. The normalized spacial score (nSPS) is 11.4. The second kappa shape index (κ2) is 9.43. The number of nitrogens with zero attached hydrogens (tertiary/aromatic N) is 4. The average molecular weight is 522 g/mol. The van der Waals surface area contributed by atoms with E-state index in [4.69, 9.17) is 16.3 Å². The van der Waals surface area contributed by atoms with E-state index in [2.05, 4.69) is 35.3 Å². The summed E-state index contributed by atoms with van der Waals surface area (Å²) in [5, 5.41) is 6.01. The van der Waals surface area contributed by atoms with E-state index < -0.39 is 37.8 Å². The minimum absolute atomic E-state index is 0.0241. The third-order valence-corrected chi connectivity index (χ3v) is 6.47. The molecule has 0 saturated heterocycles. The summed E-state index contributed by atoms with van der Waals surface area (Å²) in [5.74, 6) is -1.90. The maximum Gasteiger partial charge on any atom is 0.267 e. The van der Waals surface area contributed by atoms with Crippen LogP contribution < -0.4 is 20.1 Å². The number of fused-ring (bicyclic) bond motifs is 1. The predicted octanol–water partition coefficient (Wildman–Crippen LogP) is 3.91. The topological polar surface area (TPSA) is 131 Å². The molecule has 182 valence electrons. The molecule has 0 fully saturated rings. The van der Waals surface area contributed by atoms with Crippen molar-refractivity contribution in [2.24, 2.45) is 0 Å². The molecule has 4 rings (SSSR count). The second-order valence-corrected chi connectivity index (χ2v) is 9.13. The Kier molecular flexibility index (Phi) is 6.54. The molecule has 0 saturated carbocycles. The Morgan fingerprint density at radius 2 is 1.80 bits per heavy atom. The van der Waals surface area contributed by atoms with Crippen molar-refractivity contribution in [1.82, 2.24) is 19.9 Å². The first-order chi connectivity index (χ1) is 16.7. The Bertz CT molecular complexity index is 1550. The molecule has 0 radical (unpaired) electrons. The largest absolute Gasteiger partial charge is 0.480 e. The van der Waals surface area contributed by atoms with E-state index in [0.717, 1.165) is 18.2 Å². The van der Waals surface area contributed by atoms with Gasteiger partial charge in [0.2, 0.25) is 11.8 Å². The predicted molar refractivity (Wildman–Crippen MR) is 128 cm³/mol. The van der Waals surface area contributed by atoms with Crippen LogP contribution in [-0.4, -0.2) is 49.6 Å². The molecule has 0 aliphatic heterocycles. The Labute approximate surface area is 203 Å². The lowest BCUT2D eigenvalue weighted by Gasteiger charge is -2.16. The van der Waals surface area contributed by atoms with Crippen molar-refractivity contribution in [3.05, 3.63) is 53.3 Å². The summed E-state index contributed by atoms with van der Waals surface area (Å²) in [6, 6.07) is 4.46. The third-order valence-electron chi connectivity index (χ3n) is 4.90. The highest BCUT2D eigenvalue weighted by atomic mass is 35.5. The van der Waals surface area contributed by atoms with Crippen molar-refractivity contribution in [3.63, 3.8) is 0 Å². The molecule has 0 spiro atoms. The average Bonchev–Trinajstić information content (AvgIpc) is 2.85. The van der Waals surface area contributed by atoms with E-state index >= 15 is 4.39 Å². The lowest BCUT2D eigenvalue weighted by Crippen LogP contribution is -2.16. The quantitative estimate of drug-likeness (QED) is 0.331. The summed E-state index contributed by atoms with van der Waals surface area (Å²) < 4.78 is 63.6. The lowest BCUT2D eigenvalue weighted by atomic mass is 10.0. The van der Waals surface area contributed by atoms with Gasteiger partial charge >= 0.3 is 0 Å². The number of hydrogen-bond donors (Lipinski definition) is 3. The third kappa shape index (κ3) is 4.59. The monoisotopic (exact) mass is 521 g/mol. The van der Waals surface area contributed by atoms with Crippen LogP contribution in [-0.2, 0) is 10.0 Å². The van der Waals surface area contributed by atoms with Crippen LogP contribution >= 0.6 is 11.6 Å². The van der Waals surface area contributed by atoms with Gasteiger partial charge in [-0.2, -0.15) is 4.98 Å². The maximum absolute atomic E-state index is 15.6. The van der Waals surface area contributed by atoms with Crippen LogP contribution in [0, 0.1) is 11.6 Å². The zero-order valence-corrected chi connectivity index (χ0v) is 20.1. The maximum atomic E-state index is 15.6.